The van der Waals surface area contributed by atoms with Gasteiger partial charge in [0.25, 0.3) is 0 Å². The van der Waals surface area contributed by atoms with Crippen LogP contribution in [0.15, 0.2) is 34.8 Å². The summed E-state index contributed by atoms with van der Waals surface area (Å²) in [5, 5.41) is 9.19. The molecule has 0 spiro atoms. The Morgan fingerprint density at radius 1 is 1.36 bits per heavy atom. The molecule has 1 aromatic rings. The molecule has 0 radical (unpaired) electrons. The molecule has 0 fully saturated rings. The highest BCUT2D eigenvalue weighted by molar-refractivity contribution is 9.10. The molecule has 0 bridgehead atoms. The second-order valence-corrected chi connectivity index (χ2v) is 4.18. The molecule has 1 aliphatic rings. The van der Waals surface area contributed by atoms with Crippen molar-refractivity contribution in [1.82, 2.24) is 0 Å². The lowest BCUT2D eigenvalue weighted by atomic mass is 10.0. The van der Waals surface area contributed by atoms with Gasteiger partial charge in [-0.05, 0) is 47.4 Å². The van der Waals surface area contributed by atoms with E-state index < -0.39 is 0 Å². The van der Waals surface area contributed by atoms with E-state index in [0.717, 1.165) is 15.6 Å². The minimum Gasteiger partial charge on any atom is -0.392 e. The van der Waals surface area contributed by atoms with Gasteiger partial charge in [-0.2, -0.15) is 0 Å². The summed E-state index contributed by atoms with van der Waals surface area (Å²) in [6.45, 7) is 2.11. The van der Waals surface area contributed by atoms with Crippen molar-refractivity contribution >= 4 is 27.1 Å². The van der Waals surface area contributed by atoms with Crippen LogP contribution in [0.4, 0.5) is 0 Å². The van der Waals surface area contributed by atoms with E-state index in [9.17, 15) is 5.11 Å². The highest BCUT2D eigenvalue weighted by atomic mass is 79.9. The van der Waals surface area contributed by atoms with Crippen molar-refractivity contribution in [3.63, 3.8) is 0 Å². The average Bonchev–Trinajstić information content (AvgIpc) is 2.55. The Labute approximate surface area is 91.9 Å². The van der Waals surface area contributed by atoms with Gasteiger partial charge in [0.2, 0.25) is 0 Å². The van der Waals surface area contributed by atoms with Gasteiger partial charge in [0.1, 0.15) is 0 Å². The number of allylic oxidation sites excluding steroid dienone is 3. The summed E-state index contributed by atoms with van der Waals surface area (Å²) in [6, 6.07) is 6.13. The van der Waals surface area contributed by atoms with Crippen LogP contribution in [-0.2, 0) is 0 Å². The van der Waals surface area contributed by atoms with Crippen LogP contribution in [0.25, 0.3) is 11.1 Å². The SMILES string of the molecule is C/C=C1\C=C(CO)c2ccc(Br)cc21. The highest BCUT2D eigenvalue weighted by Crippen LogP contribution is 2.36. The Bertz CT molecular complexity index is 430. The summed E-state index contributed by atoms with van der Waals surface area (Å²) in [4.78, 5) is 0. The molecule has 1 aliphatic carbocycles. The molecule has 0 amide bonds. The van der Waals surface area contributed by atoms with Crippen LogP contribution in [0.2, 0.25) is 0 Å². The van der Waals surface area contributed by atoms with E-state index in [-0.39, 0.29) is 6.61 Å². The van der Waals surface area contributed by atoms with Crippen molar-refractivity contribution in [2.75, 3.05) is 6.61 Å². The maximum atomic E-state index is 9.19. The first-order chi connectivity index (χ1) is 6.76. The monoisotopic (exact) mass is 250 g/mol. The number of hydrogen-bond acceptors (Lipinski definition) is 1. The zero-order chi connectivity index (χ0) is 10.1. The average molecular weight is 251 g/mol. The predicted octanol–water partition coefficient (Wildman–Crippen LogP) is 3.24. The first-order valence-corrected chi connectivity index (χ1v) is 5.33. The number of fused-ring (bicyclic) bond motifs is 1. The van der Waals surface area contributed by atoms with E-state index in [1.54, 1.807) is 0 Å². The van der Waals surface area contributed by atoms with Crippen LogP contribution in [0, 0.1) is 0 Å². The second kappa shape index (κ2) is 3.71. The van der Waals surface area contributed by atoms with Crippen LogP contribution >= 0.6 is 15.9 Å². The lowest BCUT2D eigenvalue weighted by Gasteiger charge is -2.03. The molecule has 14 heavy (non-hydrogen) atoms. The zero-order valence-electron chi connectivity index (χ0n) is 7.92. The van der Waals surface area contributed by atoms with Gasteiger partial charge in [0.05, 0.1) is 6.61 Å². The first-order valence-electron chi connectivity index (χ1n) is 4.54. The number of halogens is 1. The summed E-state index contributed by atoms with van der Waals surface area (Å²) in [7, 11) is 0. The standard InChI is InChI=1S/C12H11BrO/c1-2-8-5-9(7-14)11-4-3-10(13)6-12(8)11/h2-6,14H,7H2,1H3/b8-2+. The third kappa shape index (κ3) is 1.45. The van der Waals surface area contributed by atoms with Gasteiger partial charge in [-0.1, -0.05) is 28.1 Å². The number of rotatable bonds is 1. The normalized spacial score (nSPS) is 17.1. The largest absolute Gasteiger partial charge is 0.392 e. The van der Waals surface area contributed by atoms with Crippen LogP contribution in [-0.4, -0.2) is 11.7 Å². The number of hydrogen-bond donors (Lipinski definition) is 1. The molecule has 1 nitrogen and oxygen atoms in total. The number of aliphatic hydroxyl groups excluding tert-OH is 1. The molecule has 0 atom stereocenters. The van der Waals surface area contributed by atoms with Crippen molar-refractivity contribution in [2.45, 2.75) is 6.92 Å². The smallest absolute Gasteiger partial charge is 0.0688 e. The fraction of sp³-hybridized carbons (Fsp3) is 0.167. The fourth-order valence-corrected chi connectivity index (χ4v) is 2.11. The topological polar surface area (TPSA) is 20.2 Å². The Balaban J connectivity index is 2.62. The molecule has 0 saturated carbocycles. The molecule has 0 aliphatic heterocycles. The molecular formula is C12H11BrO. The van der Waals surface area contributed by atoms with Gasteiger partial charge in [0.15, 0.2) is 0 Å². The number of aliphatic hydroxyl groups is 1. The minimum absolute atomic E-state index is 0.103. The molecule has 0 aromatic heterocycles. The molecule has 2 heteroatoms. The van der Waals surface area contributed by atoms with E-state index >= 15 is 0 Å². The van der Waals surface area contributed by atoms with E-state index in [2.05, 4.69) is 28.1 Å². The number of benzene rings is 1. The second-order valence-electron chi connectivity index (χ2n) is 3.26. The van der Waals surface area contributed by atoms with Crippen LogP contribution in [0.3, 0.4) is 0 Å². The van der Waals surface area contributed by atoms with Crippen molar-refractivity contribution in [3.8, 4) is 0 Å². The third-order valence-corrected chi connectivity index (χ3v) is 2.94. The Morgan fingerprint density at radius 3 is 2.79 bits per heavy atom. The fourth-order valence-electron chi connectivity index (χ4n) is 1.75. The summed E-state index contributed by atoms with van der Waals surface area (Å²) in [5.41, 5.74) is 4.53. The minimum atomic E-state index is 0.103. The van der Waals surface area contributed by atoms with Gasteiger partial charge < -0.3 is 5.11 Å². The van der Waals surface area contributed by atoms with Crippen molar-refractivity contribution < 1.29 is 5.11 Å². The van der Waals surface area contributed by atoms with Crippen LogP contribution < -0.4 is 0 Å². The van der Waals surface area contributed by atoms with E-state index in [1.165, 1.54) is 11.1 Å². The lowest BCUT2D eigenvalue weighted by molar-refractivity contribution is 0.350. The van der Waals surface area contributed by atoms with Crippen LogP contribution in [0.5, 0.6) is 0 Å². The molecule has 1 N–H and O–H groups in total. The summed E-state index contributed by atoms with van der Waals surface area (Å²) >= 11 is 3.45. The van der Waals surface area contributed by atoms with Gasteiger partial charge in [-0.25, -0.2) is 0 Å². The van der Waals surface area contributed by atoms with Crippen molar-refractivity contribution in [3.05, 3.63) is 46.0 Å². The van der Waals surface area contributed by atoms with Crippen molar-refractivity contribution in [2.24, 2.45) is 0 Å². The molecular weight excluding hydrogens is 240 g/mol. The molecule has 0 saturated heterocycles. The predicted molar refractivity (Wildman–Crippen MR) is 62.9 cm³/mol. The van der Waals surface area contributed by atoms with Crippen LogP contribution in [0.1, 0.15) is 18.1 Å². The quantitative estimate of drug-likeness (QED) is 0.812. The van der Waals surface area contributed by atoms with E-state index in [4.69, 9.17) is 0 Å². The third-order valence-electron chi connectivity index (χ3n) is 2.45. The maximum Gasteiger partial charge on any atom is 0.0688 e. The maximum absolute atomic E-state index is 9.19. The summed E-state index contributed by atoms with van der Waals surface area (Å²) in [5.74, 6) is 0. The summed E-state index contributed by atoms with van der Waals surface area (Å²) in [6.07, 6.45) is 4.10. The Kier molecular flexibility index (Phi) is 2.57. The van der Waals surface area contributed by atoms with Gasteiger partial charge >= 0.3 is 0 Å². The van der Waals surface area contributed by atoms with E-state index in [1.807, 2.05) is 25.1 Å². The van der Waals surface area contributed by atoms with Gasteiger partial charge in [0, 0.05) is 4.47 Å². The molecule has 2 rings (SSSR count). The highest BCUT2D eigenvalue weighted by Gasteiger charge is 2.16. The zero-order valence-corrected chi connectivity index (χ0v) is 9.51. The van der Waals surface area contributed by atoms with Crippen molar-refractivity contribution in [1.29, 1.82) is 0 Å². The summed E-state index contributed by atoms with van der Waals surface area (Å²) < 4.78 is 1.07. The molecule has 0 heterocycles. The van der Waals surface area contributed by atoms with E-state index in [0.29, 0.717) is 0 Å². The molecule has 0 unspecified atom stereocenters. The van der Waals surface area contributed by atoms with Gasteiger partial charge in [-0.15, -0.1) is 0 Å². The molecule has 72 valence electrons. The molecule has 1 aromatic carbocycles. The lowest BCUT2D eigenvalue weighted by Crippen LogP contribution is -1.88. The Hall–Kier alpha value is -0.860. The van der Waals surface area contributed by atoms with Gasteiger partial charge in [-0.3, -0.25) is 0 Å². The Morgan fingerprint density at radius 2 is 2.14 bits per heavy atom. The first kappa shape index (κ1) is 9.69.